The molecular weight excluding hydrogens is 451 g/mol. The maximum Gasteiger partial charge on any atom is 0.193 e. The summed E-state index contributed by atoms with van der Waals surface area (Å²) in [7, 11) is 3.93. The normalized spacial score (nSPS) is 18.4. The lowest BCUT2D eigenvalue weighted by Gasteiger charge is -2.34. The second-order valence-corrected chi connectivity index (χ2v) is 7.71. The van der Waals surface area contributed by atoms with Crippen LogP contribution in [0.2, 0.25) is 0 Å². The van der Waals surface area contributed by atoms with Gasteiger partial charge in [0.2, 0.25) is 0 Å². The maximum atomic E-state index is 5.74. The van der Waals surface area contributed by atoms with Crippen molar-refractivity contribution in [2.24, 2.45) is 10.9 Å². The van der Waals surface area contributed by atoms with Crippen LogP contribution in [-0.2, 0) is 17.7 Å². The first kappa shape index (κ1) is 22.4. The van der Waals surface area contributed by atoms with Gasteiger partial charge in [0.1, 0.15) is 0 Å². The van der Waals surface area contributed by atoms with Crippen molar-refractivity contribution in [3.63, 3.8) is 0 Å². The van der Waals surface area contributed by atoms with Crippen LogP contribution in [0.25, 0.3) is 0 Å². The minimum absolute atomic E-state index is 0. The van der Waals surface area contributed by atoms with Gasteiger partial charge in [-0.25, -0.2) is 0 Å². The van der Waals surface area contributed by atoms with E-state index in [0.29, 0.717) is 6.04 Å². The lowest BCUT2D eigenvalue weighted by Crippen LogP contribution is -2.48. The Morgan fingerprint density at radius 3 is 2.78 bits per heavy atom. The lowest BCUT2D eigenvalue weighted by molar-refractivity contribution is 0.115. The summed E-state index contributed by atoms with van der Waals surface area (Å²) in [4.78, 5) is 9.14. The zero-order valence-electron chi connectivity index (χ0n) is 17.0. The van der Waals surface area contributed by atoms with Crippen molar-refractivity contribution in [1.29, 1.82) is 0 Å². The summed E-state index contributed by atoms with van der Waals surface area (Å²) in [6, 6.07) is 9.29. The fourth-order valence-electron chi connectivity index (χ4n) is 3.49. The van der Waals surface area contributed by atoms with Gasteiger partial charge in [-0.3, -0.25) is 9.89 Å². The molecule has 2 aliphatic rings. The average Bonchev–Trinajstić information content (AvgIpc) is 3.49. The summed E-state index contributed by atoms with van der Waals surface area (Å²) < 4.78 is 5.74. The Balaban J connectivity index is 0.00000261. The molecular formula is C21H35IN4O. The molecule has 1 unspecified atom stereocenters. The van der Waals surface area contributed by atoms with Crippen LogP contribution in [0.1, 0.15) is 30.9 Å². The van der Waals surface area contributed by atoms with Crippen LogP contribution in [0.4, 0.5) is 0 Å². The number of guanidine groups is 1. The topological polar surface area (TPSA) is 40.1 Å². The van der Waals surface area contributed by atoms with Crippen LogP contribution < -0.4 is 5.32 Å². The largest absolute Gasteiger partial charge is 0.379 e. The zero-order chi connectivity index (χ0) is 18.4. The molecule has 0 aromatic heterocycles. The van der Waals surface area contributed by atoms with E-state index in [0.717, 1.165) is 57.7 Å². The highest BCUT2D eigenvalue weighted by molar-refractivity contribution is 14.0. The highest BCUT2D eigenvalue weighted by Gasteiger charge is 2.22. The first-order valence-corrected chi connectivity index (χ1v) is 9.97. The van der Waals surface area contributed by atoms with Crippen LogP contribution in [0.3, 0.4) is 0 Å². The van der Waals surface area contributed by atoms with E-state index in [1.54, 1.807) is 0 Å². The molecule has 1 saturated carbocycles. The van der Waals surface area contributed by atoms with Crippen molar-refractivity contribution in [3.8, 4) is 0 Å². The van der Waals surface area contributed by atoms with Crippen LogP contribution in [0, 0.1) is 5.92 Å². The zero-order valence-corrected chi connectivity index (χ0v) is 19.3. The lowest BCUT2D eigenvalue weighted by atomic mass is 9.99. The standard InChI is InChI=1S/C21H34N4O.HI/c1-17(25-11-10-19-6-4-5-7-20(19)15-25)14-23-21(22-2)24(3)12-13-26-16-18-8-9-18;/h4-7,17-18H,8-16H2,1-3H3,(H,22,23);1H. The molecule has 1 atom stereocenters. The minimum atomic E-state index is 0. The summed E-state index contributed by atoms with van der Waals surface area (Å²) in [6.45, 7) is 7.94. The summed E-state index contributed by atoms with van der Waals surface area (Å²) >= 11 is 0. The number of likely N-dealkylation sites (N-methyl/N-ethyl adjacent to an activating group) is 1. The number of fused-ring (bicyclic) bond motifs is 1. The van der Waals surface area contributed by atoms with Gasteiger partial charge in [-0.15, -0.1) is 24.0 Å². The van der Waals surface area contributed by atoms with E-state index < -0.39 is 0 Å². The van der Waals surface area contributed by atoms with E-state index in [9.17, 15) is 0 Å². The van der Waals surface area contributed by atoms with Gasteiger partial charge in [0.15, 0.2) is 5.96 Å². The van der Waals surface area contributed by atoms with E-state index >= 15 is 0 Å². The number of aliphatic imine (C=N–C) groups is 1. The molecule has 0 radical (unpaired) electrons. The van der Waals surface area contributed by atoms with Gasteiger partial charge >= 0.3 is 0 Å². The number of rotatable bonds is 8. The number of nitrogens with one attached hydrogen (secondary N) is 1. The fourth-order valence-corrected chi connectivity index (χ4v) is 3.49. The molecule has 5 nitrogen and oxygen atoms in total. The monoisotopic (exact) mass is 486 g/mol. The van der Waals surface area contributed by atoms with Gasteiger partial charge in [0.05, 0.1) is 6.61 Å². The molecule has 0 bridgehead atoms. The van der Waals surface area contributed by atoms with E-state index in [2.05, 4.69) is 58.3 Å². The number of hydrogen-bond donors (Lipinski definition) is 1. The molecule has 27 heavy (non-hydrogen) atoms. The highest BCUT2D eigenvalue weighted by Crippen LogP contribution is 2.28. The fraction of sp³-hybridized carbons (Fsp3) is 0.667. The molecule has 1 fully saturated rings. The van der Waals surface area contributed by atoms with Gasteiger partial charge in [0.25, 0.3) is 0 Å². The third kappa shape index (κ3) is 6.91. The van der Waals surface area contributed by atoms with Gasteiger partial charge in [0, 0.05) is 52.9 Å². The molecule has 1 aliphatic carbocycles. The summed E-state index contributed by atoms with van der Waals surface area (Å²) in [5, 5.41) is 3.53. The summed E-state index contributed by atoms with van der Waals surface area (Å²) in [5.74, 6) is 1.78. The van der Waals surface area contributed by atoms with E-state index in [1.165, 1.54) is 24.0 Å². The molecule has 152 valence electrons. The summed E-state index contributed by atoms with van der Waals surface area (Å²) in [5.41, 5.74) is 2.98. The Hall–Kier alpha value is -0.860. The minimum Gasteiger partial charge on any atom is -0.379 e. The molecule has 0 saturated heterocycles. The third-order valence-electron chi connectivity index (χ3n) is 5.53. The predicted molar refractivity (Wildman–Crippen MR) is 123 cm³/mol. The van der Waals surface area contributed by atoms with Crippen LogP contribution in [-0.4, -0.2) is 68.7 Å². The SMILES string of the molecule is CN=C(NCC(C)N1CCc2ccccc2C1)N(C)CCOCC1CC1.I. The van der Waals surface area contributed by atoms with Gasteiger partial charge < -0.3 is 15.0 Å². The number of halogens is 1. The highest BCUT2D eigenvalue weighted by atomic mass is 127. The first-order valence-electron chi connectivity index (χ1n) is 9.97. The maximum absolute atomic E-state index is 5.74. The summed E-state index contributed by atoms with van der Waals surface area (Å²) in [6.07, 6.45) is 3.84. The molecule has 1 heterocycles. The molecule has 1 N–H and O–H groups in total. The molecule has 1 aromatic carbocycles. The van der Waals surface area contributed by atoms with Crippen LogP contribution in [0.5, 0.6) is 0 Å². The van der Waals surface area contributed by atoms with Crippen molar-refractivity contribution >= 4 is 29.9 Å². The number of ether oxygens (including phenoxy) is 1. The van der Waals surface area contributed by atoms with E-state index in [-0.39, 0.29) is 24.0 Å². The van der Waals surface area contributed by atoms with Gasteiger partial charge in [-0.05, 0) is 43.2 Å². The Morgan fingerprint density at radius 2 is 2.07 bits per heavy atom. The van der Waals surface area contributed by atoms with Crippen molar-refractivity contribution in [2.45, 2.75) is 38.8 Å². The Bertz CT molecular complexity index is 606. The third-order valence-corrected chi connectivity index (χ3v) is 5.53. The molecule has 1 aliphatic heterocycles. The van der Waals surface area contributed by atoms with E-state index in [4.69, 9.17) is 4.74 Å². The van der Waals surface area contributed by atoms with Crippen molar-refractivity contribution in [2.75, 3.05) is 46.9 Å². The second-order valence-electron chi connectivity index (χ2n) is 7.71. The van der Waals surface area contributed by atoms with Crippen LogP contribution in [0.15, 0.2) is 29.3 Å². The number of hydrogen-bond acceptors (Lipinski definition) is 3. The molecule has 3 rings (SSSR count). The van der Waals surface area contributed by atoms with E-state index in [1.807, 2.05) is 7.05 Å². The second kappa shape index (κ2) is 11.2. The number of benzene rings is 1. The average molecular weight is 486 g/mol. The number of nitrogens with zero attached hydrogens (tertiary/aromatic N) is 3. The Morgan fingerprint density at radius 1 is 1.33 bits per heavy atom. The van der Waals surface area contributed by atoms with Gasteiger partial charge in [-0.2, -0.15) is 0 Å². The van der Waals surface area contributed by atoms with Crippen LogP contribution >= 0.6 is 24.0 Å². The molecule has 0 amide bonds. The molecule has 6 heteroatoms. The van der Waals surface area contributed by atoms with Gasteiger partial charge in [-0.1, -0.05) is 24.3 Å². The first-order chi connectivity index (χ1) is 12.7. The Kier molecular flexibility index (Phi) is 9.32. The smallest absolute Gasteiger partial charge is 0.193 e. The van der Waals surface area contributed by atoms with Crippen molar-refractivity contribution < 1.29 is 4.74 Å². The molecule has 0 spiro atoms. The van der Waals surface area contributed by atoms with Crippen molar-refractivity contribution in [3.05, 3.63) is 35.4 Å². The Labute approximate surface area is 181 Å². The predicted octanol–water partition coefficient (Wildman–Crippen LogP) is 2.99. The molecule has 1 aromatic rings. The quantitative estimate of drug-likeness (QED) is 0.266. The van der Waals surface area contributed by atoms with Crippen molar-refractivity contribution in [1.82, 2.24) is 15.1 Å².